The highest BCUT2D eigenvalue weighted by Crippen LogP contribution is 2.36. The number of para-hydroxylation sites is 1. The summed E-state index contributed by atoms with van der Waals surface area (Å²) in [4.78, 5) is 65.3. The molecule has 3 amide bonds. The number of nitrogens with two attached hydrogens (primary N) is 1. The lowest BCUT2D eigenvalue weighted by Gasteiger charge is -2.41. The number of thiazole rings is 1. The summed E-state index contributed by atoms with van der Waals surface area (Å²) in [7, 11) is 0. The fourth-order valence-electron chi connectivity index (χ4n) is 10.7. The number of rotatable bonds is 12. The quantitative estimate of drug-likeness (QED) is 0.104. The van der Waals surface area contributed by atoms with Gasteiger partial charge in [-0.1, -0.05) is 57.2 Å². The number of anilines is 3. The minimum atomic E-state index is -0.856. The molecule has 6 N–H and O–H groups in total. The molecule has 3 aromatic heterocycles. The maximum atomic E-state index is 14.3. The molecule has 3 atom stereocenters. The van der Waals surface area contributed by atoms with Crippen molar-refractivity contribution < 1.29 is 24.6 Å². The van der Waals surface area contributed by atoms with Crippen LogP contribution in [-0.4, -0.2) is 133 Å². The molecule has 0 unspecified atom stereocenters. The summed E-state index contributed by atoms with van der Waals surface area (Å²) in [5.74, 6) is 0.610. The van der Waals surface area contributed by atoms with Crippen molar-refractivity contribution in [1.82, 2.24) is 45.6 Å². The van der Waals surface area contributed by atoms with Crippen molar-refractivity contribution in [2.45, 2.75) is 109 Å². The van der Waals surface area contributed by atoms with Gasteiger partial charge in [0.1, 0.15) is 17.8 Å². The average Bonchev–Trinajstić information content (AvgIpc) is 4.00. The van der Waals surface area contributed by atoms with Gasteiger partial charge in [-0.3, -0.25) is 14.4 Å². The topological polar surface area (TPSA) is 219 Å². The van der Waals surface area contributed by atoms with Crippen LogP contribution in [0.1, 0.15) is 88.5 Å². The second-order valence-electron chi connectivity index (χ2n) is 20.5. The highest BCUT2D eigenvalue weighted by Gasteiger charge is 2.45. The number of phenolic OH excluding ortho intramolecular Hbond substituents is 1. The summed E-state index contributed by atoms with van der Waals surface area (Å²) < 4.78 is 0. The lowest BCUT2D eigenvalue weighted by Crippen LogP contribution is -2.58. The van der Waals surface area contributed by atoms with Crippen LogP contribution in [-0.2, 0) is 20.9 Å². The molecular formula is C52H66N12O5S. The first-order valence-electron chi connectivity index (χ1n) is 24.7. The second kappa shape index (κ2) is 21.0. The molecule has 6 heterocycles. The molecule has 3 saturated heterocycles. The Morgan fingerprint density at radius 2 is 1.54 bits per heavy atom. The van der Waals surface area contributed by atoms with E-state index in [1.165, 1.54) is 4.90 Å². The van der Waals surface area contributed by atoms with E-state index in [0.717, 1.165) is 97.7 Å². The molecule has 3 aliphatic heterocycles. The summed E-state index contributed by atoms with van der Waals surface area (Å²) >= 11 is 1.59. The maximum Gasteiger partial charge on any atom is 0.246 e. The predicted molar refractivity (Wildman–Crippen MR) is 271 cm³/mol. The number of β-amino-alcohol motifs (C(OH)–C–C–N with tert-alkyl or cyclic N) is 1. The van der Waals surface area contributed by atoms with Gasteiger partial charge in [-0.25, -0.2) is 15.0 Å². The number of aromatic hydroxyl groups is 1. The summed E-state index contributed by atoms with van der Waals surface area (Å²) in [6.45, 7) is 12.9. The van der Waals surface area contributed by atoms with E-state index in [-0.39, 0.29) is 48.9 Å². The molecule has 9 rings (SSSR count). The Morgan fingerprint density at radius 3 is 2.20 bits per heavy atom. The predicted octanol–water partition coefficient (Wildman–Crippen LogP) is 5.53. The monoisotopic (exact) mass is 970 g/mol. The van der Waals surface area contributed by atoms with Gasteiger partial charge in [0.15, 0.2) is 5.82 Å². The standard InChI is InChI=1S/C52H66N12O5S/c1-32-45(70-31-57-32)35-11-9-33(10-12-35)27-54-49(68)43-25-39(65)30-64(43)50(69)46(52(2,3)4)58-48(67)36-13-15-38(16-14-36)61-19-17-34(18-20-61)37-28-55-51(56-29-37)63-23-21-62(22-24-63)42-26-41(59-60-47(42)53)40-7-5-6-8-44(40)66/h5-12,26,28-29,31,34,36,38-39,43,46,65-66H,13-25,27,30H2,1-4H3,(H2,53,60)(H,54,68)(H,58,67)/t36?,38?,39-,43+,46-/m1/s1. The largest absolute Gasteiger partial charge is 0.507 e. The van der Waals surface area contributed by atoms with Gasteiger partial charge in [0.25, 0.3) is 0 Å². The molecule has 370 valence electrons. The molecule has 1 saturated carbocycles. The van der Waals surface area contributed by atoms with Crippen LogP contribution in [0.5, 0.6) is 5.75 Å². The Balaban J connectivity index is 0.720. The Bertz CT molecular complexity index is 2620. The number of nitrogens with one attached hydrogen (secondary N) is 2. The molecular weight excluding hydrogens is 905 g/mol. The Labute approximate surface area is 413 Å². The molecule has 0 spiro atoms. The van der Waals surface area contributed by atoms with Crippen LogP contribution < -0.4 is 26.2 Å². The van der Waals surface area contributed by atoms with E-state index in [1.54, 1.807) is 23.5 Å². The number of aromatic nitrogens is 5. The number of phenols is 1. The van der Waals surface area contributed by atoms with E-state index in [0.29, 0.717) is 48.1 Å². The molecule has 17 nitrogen and oxygen atoms in total. The summed E-state index contributed by atoms with van der Waals surface area (Å²) in [5, 5.41) is 35.6. The number of hydrogen-bond acceptors (Lipinski definition) is 15. The molecule has 4 aliphatic rings. The zero-order chi connectivity index (χ0) is 49.1. The van der Waals surface area contributed by atoms with E-state index in [9.17, 15) is 24.6 Å². The summed E-state index contributed by atoms with van der Waals surface area (Å²) in [6.07, 6.45) is 8.65. The van der Waals surface area contributed by atoms with Gasteiger partial charge in [0.05, 0.1) is 33.6 Å². The molecule has 2 aromatic carbocycles. The number of carbonyl (C=O) groups excluding carboxylic acids is 3. The van der Waals surface area contributed by atoms with E-state index < -0.39 is 23.6 Å². The summed E-state index contributed by atoms with van der Waals surface area (Å²) in [5.41, 5.74) is 13.6. The third-order valence-electron chi connectivity index (χ3n) is 14.8. The molecule has 70 heavy (non-hydrogen) atoms. The van der Waals surface area contributed by atoms with Crippen LogP contribution >= 0.6 is 11.3 Å². The van der Waals surface area contributed by atoms with E-state index in [4.69, 9.17) is 15.7 Å². The molecule has 5 aromatic rings. The van der Waals surface area contributed by atoms with Gasteiger partial charge < -0.3 is 46.2 Å². The number of aliphatic hydroxyl groups is 1. The van der Waals surface area contributed by atoms with Gasteiger partial charge in [0.2, 0.25) is 23.7 Å². The third kappa shape index (κ3) is 10.9. The minimum absolute atomic E-state index is 0.0364. The van der Waals surface area contributed by atoms with Crippen LogP contribution in [0.4, 0.5) is 17.5 Å². The number of benzene rings is 2. The van der Waals surface area contributed by atoms with Crippen molar-refractivity contribution >= 4 is 46.5 Å². The van der Waals surface area contributed by atoms with Gasteiger partial charge in [0, 0.05) is 75.6 Å². The van der Waals surface area contributed by atoms with Gasteiger partial charge in [-0.15, -0.1) is 21.5 Å². The average molecular weight is 971 g/mol. The second-order valence-corrected chi connectivity index (χ2v) is 21.4. The number of hydrogen-bond donors (Lipinski definition) is 5. The van der Waals surface area contributed by atoms with Gasteiger partial charge in [-0.05, 0) is 105 Å². The van der Waals surface area contributed by atoms with Crippen molar-refractivity contribution in [3.63, 3.8) is 0 Å². The summed E-state index contributed by atoms with van der Waals surface area (Å²) in [6, 6.07) is 15.6. The lowest BCUT2D eigenvalue weighted by molar-refractivity contribution is -0.144. The molecule has 0 radical (unpaired) electrons. The number of nitrogens with zero attached hydrogens (tertiary/aromatic N) is 9. The van der Waals surface area contributed by atoms with E-state index in [1.807, 2.05) is 88.1 Å². The van der Waals surface area contributed by atoms with Crippen LogP contribution in [0.2, 0.25) is 0 Å². The number of aliphatic hydroxyl groups excluding tert-OH is 1. The highest BCUT2D eigenvalue weighted by molar-refractivity contribution is 7.13. The number of piperidine rings is 1. The van der Waals surface area contributed by atoms with Crippen molar-refractivity contribution in [2.24, 2.45) is 11.3 Å². The number of carbonyl (C=O) groups is 3. The van der Waals surface area contributed by atoms with Crippen LogP contribution in [0, 0.1) is 18.3 Å². The highest BCUT2D eigenvalue weighted by atomic mass is 32.1. The fourth-order valence-corrected chi connectivity index (χ4v) is 11.5. The number of likely N-dealkylation sites (tertiary alicyclic amines) is 2. The first-order chi connectivity index (χ1) is 33.7. The third-order valence-corrected chi connectivity index (χ3v) is 15.8. The first-order valence-corrected chi connectivity index (χ1v) is 25.6. The van der Waals surface area contributed by atoms with Crippen molar-refractivity contribution in [2.75, 3.05) is 61.3 Å². The number of aryl methyl sites for hydroxylation is 1. The van der Waals surface area contributed by atoms with E-state index >= 15 is 0 Å². The fraction of sp³-hybridized carbons (Fsp3) is 0.500. The number of amides is 3. The number of piperazine rings is 1. The zero-order valence-electron chi connectivity index (χ0n) is 40.6. The zero-order valence-corrected chi connectivity index (χ0v) is 41.4. The van der Waals surface area contributed by atoms with Crippen molar-refractivity contribution in [3.05, 3.63) is 89.3 Å². The SMILES string of the molecule is Cc1ncsc1-c1ccc(CNC(=O)[C@@H]2C[C@@H](O)CN2C(=O)[C@@H](NC(=O)C2CCC(N3CCC(c4cnc(N5CCN(c6cc(-c7ccccc7O)nnc6N)CC5)nc4)CC3)CC2)C(C)(C)C)cc1. The normalized spacial score (nSPS) is 21.9. The Morgan fingerprint density at radius 1 is 0.857 bits per heavy atom. The van der Waals surface area contributed by atoms with Gasteiger partial charge in [-0.2, -0.15) is 0 Å². The molecule has 1 aliphatic carbocycles. The number of nitrogen functional groups attached to an aromatic ring is 1. The first kappa shape index (κ1) is 48.8. The Kier molecular flexibility index (Phi) is 14.6. The minimum Gasteiger partial charge on any atom is -0.507 e. The smallest absolute Gasteiger partial charge is 0.246 e. The van der Waals surface area contributed by atoms with Gasteiger partial charge >= 0.3 is 0 Å². The molecule has 4 fully saturated rings. The lowest BCUT2D eigenvalue weighted by atomic mass is 9.81. The van der Waals surface area contributed by atoms with Crippen LogP contribution in [0.25, 0.3) is 21.7 Å². The Hall–Kier alpha value is -6.24. The maximum absolute atomic E-state index is 14.3. The molecule has 0 bridgehead atoms. The van der Waals surface area contributed by atoms with Crippen molar-refractivity contribution in [3.8, 4) is 27.4 Å². The van der Waals surface area contributed by atoms with Crippen LogP contribution in [0.3, 0.4) is 0 Å². The van der Waals surface area contributed by atoms with Crippen LogP contribution in [0.15, 0.2) is 72.5 Å². The van der Waals surface area contributed by atoms with E-state index in [2.05, 4.69) is 40.5 Å². The molecule has 18 heteroatoms. The van der Waals surface area contributed by atoms with Crippen molar-refractivity contribution in [1.29, 1.82) is 0 Å².